The van der Waals surface area contributed by atoms with Crippen LogP contribution in [0.15, 0.2) is 6.33 Å². The van der Waals surface area contributed by atoms with Crippen LogP contribution < -0.4 is 15.4 Å². The Morgan fingerprint density at radius 2 is 2.32 bits per heavy atom. The number of hydrogen-bond acceptors (Lipinski definition) is 6. The fourth-order valence-electron chi connectivity index (χ4n) is 2.35. The van der Waals surface area contributed by atoms with Crippen LogP contribution in [0.5, 0.6) is 5.88 Å². The lowest BCUT2D eigenvalue weighted by molar-refractivity contribution is 0.118. The second-order valence-electron chi connectivity index (χ2n) is 4.81. The van der Waals surface area contributed by atoms with Crippen molar-refractivity contribution in [2.24, 2.45) is 0 Å². The molecular weight excluding hydrogens is 244 g/mol. The average molecular weight is 266 g/mol. The second-order valence-corrected chi connectivity index (χ2v) is 4.81. The SMILES string of the molecule is CCCOc1ncnc(N(C)C2CCOC2C)c1N. The lowest BCUT2D eigenvalue weighted by Gasteiger charge is -2.28. The van der Waals surface area contributed by atoms with E-state index in [0.29, 0.717) is 24.0 Å². The Balaban J connectivity index is 2.19. The molecule has 6 heteroatoms. The van der Waals surface area contributed by atoms with Crippen LogP contribution in [0.3, 0.4) is 0 Å². The van der Waals surface area contributed by atoms with Crippen molar-refractivity contribution >= 4 is 11.5 Å². The summed E-state index contributed by atoms with van der Waals surface area (Å²) in [6, 6.07) is 0.288. The molecular formula is C13H22N4O2. The van der Waals surface area contributed by atoms with Gasteiger partial charge in [-0.05, 0) is 19.8 Å². The Kier molecular flexibility index (Phi) is 4.42. The van der Waals surface area contributed by atoms with Crippen molar-refractivity contribution in [3.63, 3.8) is 0 Å². The van der Waals surface area contributed by atoms with Crippen molar-refractivity contribution in [1.82, 2.24) is 9.97 Å². The Morgan fingerprint density at radius 1 is 1.53 bits per heavy atom. The topological polar surface area (TPSA) is 73.5 Å². The summed E-state index contributed by atoms with van der Waals surface area (Å²) >= 11 is 0. The summed E-state index contributed by atoms with van der Waals surface area (Å²) in [4.78, 5) is 10.4. The number of ether oxygens (including phenoxy) is 2. The summed E-state index contributed by atoms with van der Waals surface area (Å²) < 4.78 is 11.1. The van der Waals surface area contributed by atoms with Crippen molar-refractivity contribution in [2.75, 3.05) is 30.9 Å². The molecule has 1 aromatic rings. The molecule has 1 aliphatic heterocycles. The van der Waals surface area contributed by atoms with Gasteiger partial charge in [-0.25, -0.2) is 4.98 Å². The maximum absolute atomic E-state index is 6.11. The first-order chi connectivity index (χ1) is 9.15. The van der Waals surface area contributed by atoms with E-state index >= 15 is 0 Å². The Bertz CT molecular complexity index is 427. The van der Waals surface area contributed by atoms with Crippen LogP contribution in [0.4, 0.5) is 11.5 Å². The minimum absolute atomic E-state index is 0.180. The van der Waals surface area contributed by atoms with Crippen molar-refractivity contribution < 1.29 is 9.47 Å². The van der Waals surface area contributed by atoms with Crippen molar-refractivity contribution in [3.8, 4) is 5.88 Å². The summed E-state index contributed by atoms with van der Waals surface area (Å²) in [6.45, 7) is 5.50. The van der Waals surface area contributed by atoms with E-state index in [-0.39, 0.29) is 12.1 Å². The summed E-state index contributed by atoms with van der Waals surface area (Å²) in [6.07, 6.45) is 3.57. The van der Waals surface area contributed by atoms with Crippen molar-refractivity contribution in [2.45, 2.75) is 38.8 Å². The standard InChI is InChI=1S/C13H22N4O2/c1-4-6-19-13-11(14)12(15-8-16-13)17(3)10-5-7-18-9(10)2/h8-10H,4-7,14H2,1-3H3. The molecule has 0 aliphatic carbocycles. The Morgan fingerprint density at radius 3 is 2.95 bits per heavy atom. The van der Waals surface area contributed by atoms with Crippen LogP contribution in [0.25, 0.3) is 0 Å². The molecule has 19 heavy (non-hydrogen) atoms. The number of rotatable bonds is 5. The minimum Gasteiger partial charge on any atom is -0.476 e. The normalized spacial score (nSPS) is 22.5. The number of likely N-dealkylation sites (N-methyl/N-ethyl adjacent to an activating group) is 1. The minimum atomic E-state index is 0.180. The molecule has 2 atom stereocenters. The number of nitrogen functional groups attached to an aromatic ring is 1. The molecule has 1 aliphatic rings. The first-order valence-electron chi connectivity index (χ1n) is 6.72. The molecule has 0 amide bonds. The maximum atomic E-state index is 6.11. The molecule has 2 rings (SSSR count). The van der Waals surface area contributed by atoms with E-state index in [4.69, 9.17) is 15.2 Å². The molecule has 0 aromatic carbocycles. The lowest BCUT2D eigenvalue weighted by atomic mass is 10.1. The zero-order valence-corrected chi connectivity index (χ0v) is 11.8. The van der Waals surface area contributed by atoms with Gasteiger partial charge < -0.3 is 20.1 Å². The summed E-state index contributed by atoms with van der Waals surface area (Å²) in [5.41, 5.74) is 6.60. The van der Waals surface area contributed by atoms with E-state index < -0.39 is 0 Å². The van der Waals surface area contributed by atoms with Gasteiger partial charge in [-0.3, -0.25) is 0 Å². The van der Waals surface area contributed by atoms with Gasteiger partial charge in [-0.2, -0.15) is 4.98 Å². The van der Waals surface area contributed by atoms with Crippen LogP contribution >= 0.6 is 0 Å². The molecule has 2 unspecified atom stereocenters. The van der Waals surface area contributed by atoms with Crippen molar-refractivity contribution in [3.05, 3.63) is 6.33 Å². The van der Waals surface area contributed by atoms with E-state index in [1.54, 1.807) is 0 Å². The monoisotopic (exact) mass is 266 g/mol. The van der Waals surface area contributed by atoms with E-state index in [9.17, 15) is 0 Å². The van der Waals surface area contributed by atoms with Crippen LogP contribution in [-0.4, -0.2) is 42.4 Å². The van der Waals surface area contributed by atoms with Gasteiger partial charge in [0.2, 0.25) is 5.88 Å². The first-order valence-corrected chi connectivity index (χ1v) is 6.72. The number of nitrogens with zero attached hydrogens (tertiary/aromatic N) is 3. The molecule has 1 saturated heterocycles. The third kappa shape index (κ3) is 2.89. The molecule has 106 valence electrons. The van der Waals surface area contributed by atoms with Gasteiger partial charge >= 0.3 is 0 Å². The molecule has 6 nitrogen and oxygen atoms in total. The Labute approximate surface area is 113 Å². The van der Waals surface area contributed by atoms with Gasteiger partial charge in [-0.15, -0.1) is 0 Å². The largest absolute Gasteiger partial charge is 0.476 e. The highest BCUT2D eigenvalue weighted by atomic mass is 16.5. The van der Waals surface area contributed by atoms with Gasteiger partial charge in [0.1, 0.15) is 12.0 Å². The zero-order valence-electron chi connectivity index (χ0n) is 11.8. The number of nitrogens with two attached hydrogens (primary N) is 1. The number of hydrogen-bond donors (Lipinski definition) is 1. The van der Waals surface area contributed by atoms with E-state index in [0.717, 1.165) is 19.4 Å². The summed E-state index contributed by atoms with van der Waals surface area (Å²) in [7, 11) is 1.98. The van der Waals surface area contributed by atoms with Gasteiger partial charge in [0.05, 0.1) is 18.8 Å². The van der Waals surface area contributed by atoms with E-state index in [1.165, 1.54) is 6.33 Å². The van der Waals surface area contributed by atoms with Crippen LogP contribution in [0, 0.1) is 0 Å². The predicted octanol–water partition coefficient (Wildman–Crippen LogP) is 1.46. The molecule has 2 N–H and O–H groups in total. The van der Waals surface area contributed by atoms with Crippen molar-refractivity contribution in [1.29, 1.82) is 0 Å². The van der Waals surface area contributed by atoms with Gasteiger partial charge in [-0.1, -0.05) is 6.92 Å². The highest BCUT2D eigenvalue weighted by Gasteiger charge is 2.30. The fourth-order valence-corrected chi connectivity index (χ4v) is 2.35. The quantitative estimate of drug-likeness (QED) is 0.869. The average Bonchev–Trinajstić information content (AvgIpc) is 2.83. The summed E-state index contributed by atoms with van der Waals surface area (Å²) in [5, 5.41) is 0. The smallest absolute Gasteiger partial charge is 0.242 e. The molecule has 1 aromatic heterocycles. The molecule has 0 saturated carbocycles. The van der Waals surface area contributed by atoms with Gasteiger partial charge in [0.25, 0.3) is 0 Å². The maximum Gasteiger partial charge on any atom is 0.242 e. The van der Waals surface area contributed by atoms with Gasteiger partial charge in [0.15, 0.2) is 5.82 Å². The number of anilines is 2. The summed E-state index contributed by atoms with van der Waals surface area (Å²) in [5.74, 6) is 1.17. The van der Waals surface area contributed by atoms with E-state index in [1.807, 2.05) is 14.0 Å². The second kappa shape index (κ2) is 6.06. The number of aromatic nitrogens is 2. The Hall–Kier alpha value is -1.56. The highest BCUT2D eigenvalue weighted by molar-refractivity contribution is 5.67. The van der Waals surface area contributed by atoms with Crippen LogP contribution in [0.2, 0.25) is 0 Å². The zero-order chi connectivity index (χ0) is 13.8. The molecule has 0 bridgehead atoms. The first kappa shape index (κ1) is 13.9. The van der Waals surface area contributed by atoms with E-state index in [2.05, 4.69) is 21.8 Å². The highest BCUT2D eigenvalue weighted by Crippen LogP contribution is 2.31. The third-order valence-corrected chi connectivity index (χ3v) is 3.44. The molecule has 2 heterocycles. The molecule has 0 radical (unpaired) electrons. The molecule has 1 fully saturated rings. The lowest BCUT2D eigenvalue weighted by Crippen LogP contribution is -2.37. The van der Waals surface area contributed by atoms with Gasteiger partial charge in [0, 0.05) is 13.7 Å². The third-order valence-electron chi connectivity index (χ3n) is 3.44. The fraction of sp³-hybridized carbons (Fsp3) is 0.692. The predicted molar refractivity (Wildman–Crippen MR) is 74.5 cm³/mol. The van der Waals surface area contributed by atoms with Crippen LogP contribution in [0.1, 0.15) is 26.7 Å². The van der Waals surface area contributed by atoms with Crippen LogP contribution in [-0.2, 0) is 4.74 Å². The molecule has 0 spiro atoms.